The van der Waals surface area contributed by atoms with Crippen LogP contribution in [0.2, 0.25) is 0 Å². The van der Waals surface area contributed by atoms with E-state index in [1.54, 1.807) is 18.2 Å². The number of methoxy groups -OCH3 is 1. The zero-order valence-electron chi connectivity index (χ0n) is 13.4. The number of aliphatic hydroxyl groups excluding tert-OH is 1. The van der Waals surface area contributed by atoms with E-state index in [1.807, 2.05) is 30.3 Å². The zero-order valence-corrected chi connectivity index (χ0v) is 13.4. The lowest BCUT2D eigenvalue weighted by molar-refractivity contribution is -0.143. The number of benzene rings is 2. The number of amides is 1. The molecular formula is C18H16N2O5. The molecule has 0 aliphatic rings. The van der Waals surface area contributed by atoms with E-state index in [1.165, 1.54) is 7.11 Å². The predicted octanol–water partition coefficient (Wildman–Crippen LogP) is 1.76. The first-order valence-electron chi connectivity index (χ1n) is 7.58. The third kappa shape index (κ3) is 3.36. The number of hydrogen-bond donors (Lipinski definition) is 2. The van der Waals surface area contributed by atoms with Crippen LogP contribution in [0.25, 0.3) is 22.2 Å². The molecule has 7 nitrogen and oxygen atoms in total. The number of carbonyl (C=O) groups is 2. The molecule has 0 saturated heterocycles. The van der Waals surface area contributed by atoms with E-state index in [4.69, 9.17) is 4.52 Å². The molecule has 1 aromatic heterocycles. The van der Waals surface area contributed by atoms with Gasteiger partial charge in [0.15, 0.2) is 11.8 Å². The maximum Gasteiger partial charge on any atom is 0.330 e. The van der Waals surface area contributed by atoms with Gasteiger partial charge >= 0.3 is 5.97 Å². The lowest BCUT2D eigenvalue weighted by atomic mass is 10.1. The second-order valence-electron chi connectivity index (χ2n) is 5.34. The quantitative estimate of drug-likeness (QED) is 0.686. The molecule has 0 radical (unpaired) electrons. The summed E-state index contributed by atoms with van der Waals surface area (Å²) in [4.78, 5) is 23.9. The van der Waals surface area contributed by atoms with Crippen LogP contribution in [0.4, 0.5) is 0 Å². The number of aromatic nitrogens is 1. The fourth-order valence-electron chi connectivity index (χ4n) is 2.44. The van der Waals surface area contributed by atoms with Crippen LogP contribution in [-0.4, -0.2) is 41.9 Å². The molecule has 25 heavy (non-hydrogen) atoms. The largest absolute Gasteiger partial charge is 0.467 e. The molecule has 2 aromatic carbocycles. The monoisotopic (exact) mass is 340 g/mol. The topological polar surface area (TPSA) is 102 Å². The molecular weight excluding hydrogens is 324 g/mol. The summed E-state index contributed by atoms with van der Waals surface area (Å²) in [6, 6.07) is 13.2. The summed E-state index contributed by atoms with van der Waals surface area (Å²) in [6.45, 7) is -0.552. The van der Waals surface area contributed by atoms with Crippen LogP contribution in [-0.2, 0) is 9.53 Å². The van der Waals surface area contributed by atoms with Crippen LogP contribution in [0.15, 0.2) is 53.1 Å². The van der Waals surface area contributed by atoms with Crippen molar-refractivity contribution in [3.63, 3.8) is 0 Å². The van der Waals surface area contributed by atoms with Crippen molar-refractivity contribution in [1.82, 2.24) is 10.5 Å². The molecule has 0 fully saturated rings. The highest BCUT2D eigenvalue weighted by atomic mass is 16.5. The van der Waals surface area contributed by atoms with Crippen LogP contribution in [0.1, 0.15) is 10.4 Å². The van der Waals surface area contributed by atoms with Gasteiger partial charge in [-0.3, -0.25) is 4.79 Å². The van der Waals surface area contributed by atoms with E-state index in [0.29, 0.717) is 22.2 Å². The van der Waals surface area contributed by atoms with Crippen molar-refractivity contribution in [2.75, 3.05) is 13.7 Å². The molecule has 0 unspecified atom stereocenters. The maximum atomic E-state index is 12.4. The Kier molecular flexibility index (Phi) is 4.76. The molecule has 7 heteroatoms. The van der Waals surface area contributed by atoms with E-state index >= 15 is 0 Å². The summed E-state index contributed by atoms with van der Waals surface area (Å²) >= 11 is 0. The fraction of sp³-hybridized carbons (Fsp3) is 0.167. The molecule has 0 aliphatic carbocycles. The van der Waals surface area contributed by atoms with Gasteiger partial charge in [0.05, 0.1) is 19.1 Å². The average Bonchev–Trinajstić information content (AvgIpc) is 3.09. The summed E-state index contributed by atoms with van der Waals surface area (Å²) in [6.07, 6.45) is 0. The molecule has 0 aliphatic heterocycles. The lowest BCUT2D eigenvalue weighted by Crippen LogP contribution is -2.44. The zero-order chi connectivity index (χ0) is 17.8. The number of esters is 1. The second-order valence-corrected chi connectivity index (χ2v) is 5.34. The first-order valence-corrected chi connectivity index (χ1v) is 7.58. The van der Waals surface area contributed by atoms with Crippen LogP contribution >= 0.6 is 0 Å². The number of rotatable bonds is 5. The number of aliphatic hydroxyl groups is 1. The van der Waals surface area contributed by atoms with E-state index in [0.717, 1.165) is 5.56 Å². The minimum Gasteiger partial charge on any atom is -0.467 e. The molecule has 1 atom stereocenters. The van der Waals surface area contributed by atoms with Gasteiger partial charge in [0.1, 0.15) is 5.52 Å². The van der Waals surface area contributed by atoms with Gasteiger partial charge in [-0.05, 0) is 18.2 Å². The molecule has 0 saturated carbocycles. The molecule has 3 aromatic rings. The Bertz CT molecular complexity index is 904. The molecule has 128 valence electrons. The molecule has 1 amide bonds. The Labute approximate surface area is 143 Å². The highest BCUT2D eigenvalue weighted by molar-refractivity contribution is 6.02. The van der Waals surface area contributed by atoms with Crippen LogP contribution in [0.5, 0.6) is 0 Å². The number of nitrogens with one attached hydrogen (secondary N) is 1. The molecule has 1 heterocycles. The Morgan fingerprint density at radius 1 is 1.24 bits per heavy atom. The smallest absolute Gasteiger partial charge is 0.330 e. The van der Waals surface area contributed by atoms with Crippen molar-refractivity contribution in [2.24, 2.45) is 0 Å². The minimum atomic E-state index is -1.12. The number of carbonyl (C=O) groups excluding carboxylic acids is 2. The fourth-order valence-corrected chi connectivity index (χ4v) is 2.44. The van der Waals surface area contributed by atoms with Gasteiger partial charge in [0, 0.05) is 11.1 Å². The van der Waals surface area contributed by atoms with Crippen molar-refractivity contribution in [3.8, 4) is 11.3 Å². The summed E-state index contributed by atoms with van der Waals surface area (Å²) in [5.74, 6) is -0.671. The molecule has 0 bridgehead atoms. The van der Waals surface area contributed by atoms with Gasteiger partial charge in [-0.25, -0.2) is 4.79 Å². The maximum absolute atomic E-state index is 12.4. The Morgan fingerprint density at radius 3 is 2.68 bits per heavy atom. The van der Waals surface area contributed by atoms with Crippen LogP contribution < -0.4 is 5.32 Å². The average molecular weight is 340 g/mol. The first-order chi connectivity index (χ1) is 12.1. The number of hydrogen-bond acceptors (Lipinski definition) is 6. The van der Waals surface area contributed by atoms with Gasteiger partial charge in [-0.1, -0.05) is 35.5 Å². The van der Waals surface area contributed by atoms with Gasteiger partial charge in [-0.2, -0.15) is 0 Å². The van der Waals surface area contributed by atoms with Crippen molar-refractivity contribution < 1.29 is 24.0 Å². The Balaban J connectivity index is 1.93. The van der Waals surface area contributed by atoms with Gasteiger partial charge in [0.25, 0.3) is 5.91 Å². The van der Waals surface area contributed by atoms with Crippen LogP contribution in [0, 0.1) is 0 Å². The molecule has 2 N–H and O–H groups in total. The normalized spacial score (nSPS) is 11.9. The van der Waals surface area contributed by atoms with E-state index < -0.39 is 24.5 Å². The third-order valence-corrected chi connectivity index (χ3v) is 3.75. The first kappa shape index (κ1) is 16.7. The summed E-state index contributed by atoms with van der Waals surface area (Å²) in [5.41, 5.74) is 1.77. The van der Waals surface area contributed by atoms with E-state index in [-0.39, 0.29) is 0 Å². The SMILES string of the molecule is COC(=O)[C@@H](CO)NC(=O)c1ccc2noc(-c3ccccc3)c2c1. The van der Waals surface area contributed by atoms with Gasteiger partial charge in [-0.15, -0.1) is 0 Å². The predicted molar refractivity (Wildman–Crippen MR) is 89.8 cm³/mol. The highest BCUT2D eigenvalue weighted by Gasteiger charge is 2.22. The summed E-state index contributed by atoms with van der Waals surface area (Å²) < 4.78 is 9.93. The second kappa shape index (κ2) is 7.14. The number of ether oxygens (including phenoxy) is 1. The minimum absolute atomic E-state index is 0.315. The molecule has 0 spiro atoms. The van der Waals surface area contributed by atoms with Crippen molar-refractivity contribution in [3.05, 3.63) is 54.1 Å². The summed E-state index contributed by atoms with van der Waals surface area (Å²) in [7, 11) is 1.19. The Morgan fingerprint density at radius 2 is 2.00 bits per heavy atom. The number of fused-ring (bicyclic) bond motifs is 1. The van der Waals surface area contributed by atoms with Gasteiger partial charge in [0.2, 0.25) is 0 Å². The van der Waals surface area contributed by atoms with Crippen molar-refractivity contribution in [2.45, 2.75) is 6.04 Å². The van der Waals surface area contributed by atoms with Gasteiger partial charge < -0.3 is 19.7 Å². The van der Waals surface area contributed by atoms with Crippen molar-refractivity contribution >= 4 is 22.8 Å². The number of nitrogens with zero attached hydrogens (tertiary/aromatic N) is 1. The highest BCUT2D eigenvalue weighted by Crippen LogP contribution is 2.29. The van der Waals surface area contributed by atoms with E-state index in [2.05, 4.69) is 15.2 Å². The van der Waals surface area contributed by atoms with Crippen molar-refractivity contribution in [1.29, 1.82) is 0 Å². The van der Waals surface area contributed by atoms with Crippen LogP contribution in [0.3, 0.4) is 0 Å². The standard InChI is InChI=1S/C18H16N2O5/c1-24-18(23)15(10-21)19-17(22)12-7-8-14-13(9-12)16(25-20-14)11-5-3-2-4-6-11/h2-9,15,21H,10H2,1H3,(H,19,22)/t15-/m1/s1. The van der Waals surface area contributed by atoms with E-state index in [9.17, 15) is 14.7 Å². The Hall–Kier alpha value is -3.19. The lowest BCUT2D eigenvalue weighted by Gasteiger charge is -2.13. The molecule has 3 rings (SSSR count). The third-order valence-electron chi connectivity index (χ3n) is 3.75. The summed E-state index contributed by atoms with van der Waals surface area (Å²) in [5, 5.41) is 16.3.